The Morgan fingerprint density at radius 3 is 2.50 bits per heavy atom. The number of fused-ring (bicyclic) bond motifs is 3. The summed E-state index contributed by atoms with van der Waals surface area (Å²) < 4.78 is 42.3. The lowest BCUT2D eigenvalue weighted by molar-refractivity contribution is -0.138. The molecule has 0 bridgehead atoms. The van der Waals surface area contributed by atoms with Crippen LogP contribution in [0.2, 0.25) is 0 Å². The van der Waals surface area contributed by atoms with E-state index in [1.807, 2.05) is 47.2 Å². The monoisotopic (exact) mass is 328 g/mol. The highest BCUT2D eigenvalue weighted by Crippen LogP contribution is 2.38. The standard InChI is InChI=1S/C19H15F3N2/c20-19(21,22)15-8-3-2-7-14(15)18-17-10-5-11-24(17)16-9-4-1-6-13(16)12-23-18/h1-11,18,23H,12H2/t18-/m1/s1. The molecule has 0 radical (unpaired) electrons. The molecule has 3 aromatic rings. The van der Waals surface area contributed by atoms with Crippen molar-refractivity contribution in [2.45, 2.75) is 18.8 Å². The largest absolute Gasteiger partial charge is 0.416 e. The minimum Gasteiger partial charge on any atom is -0.319 e. The molecule has 1 atom stereocenters. The third-order valence-corrected chi connectivity index (χ3v) is 4.40. The fourth-order valence-corrected chi connectivity index (χ4v) is 3.34. The molecule has 0 amide bonds. The molecule has 1 N–H and O–H groups in total. The average Bonchev–Trinajstić information content (AvgIpc) is 2.99. The predicted octanol–water partition coefficient (Wildman–Crippen LogP) is 4.69. The molecule has 122 valence electrons. The zero-order chi connectivity index (χ0) is 16.7. The first-order valence-electron chi connectivity index (χ1n) is 7.71. The molecule has 4 rings (SSSR count). The van der Waals surface area contributed by atoms with Crippen LogP contribution in [0.3, 0.4) is 0 Å². The van der Waals surface area contributed by atoms with E-state index in [1.54, 1.807) is 12.1 Å². The van der Waals surface area contributed by atoms with Gasteiger partial charge >= 0.3 is 6.18 Å². The number of alkyl halides is 3. The summed E-state index contributed by atoms with van der Waals surface area (Å²) >= 11 is 0. The van der Waals surface area contributed by atoms with E-state index < -0.39 is 17.8 Å². The van der Waals surface area contributed by atoms with Crippen LogP contribution in [0, 0.1) is 0 Å². The summed E-state index contributed by atoms with van der Waals surface area (Å²) in [5.41, 5.74) is 2.51. The number of nitrogens with one attached hydrogen (secondary N) is 1. The molecule has 0 unspecified atom stereocenters. The lowest BCUT2D eigenvalue weighted by Crippen LogP contribution is -2.24. The number of aromatic nitrogens is 1. The highest BCUT2D eigenvalue weighted by Gasteiger charge is 2.36. The van der Waals surface area contributed by atoms with Crippen LogP contribution in [0.4, 0.5) is 13.2 Å². The van der Waals surface area contributed by atoms with Gasteiger partial charge in [0.15, 0.2) is 0 Å². The van der Waals surface area contributed by atoms with Gasteiger partial charge in [-0.15, -0.1) is 0 Å². The minimum absolute atomic E-state index is 0.248. The third kappa shape index (κ3) is 2.41. The Balaban J connectivity index is 1.89. The lowest BCUT2D eigenvalue weighted by Gasteiger charge is -2.22. The van der Waals surface area contributed by atoms with Crippen molar-refractivity contribution in [1.29, 1.82) is 0 Å². The van der Waals surface area contributed by atoms with Crippen molar-refractivity contribution in [3.63, 3.8) is 0 Å². The van der Waals surface area contributed by atoms with Gasteiger partial charge in [-0.1, -0.05) is 36.4 Å². The summed E-state index contributed by atoms with van der Waals surface area (Å²) in [5.74, 6) is 0. The van der Waals surface area contributed by atoms with Crippen LogP contribution in [-0.4, -0.2) is 4.57 Å². The van der Waals surface area contributed by atoms with Gasteiger partial charge in [0.25, 0.3) is 0 Å². The molecule has 1 aliphatic heterocycles. The second kappa shape index (κ2) is 5.53. The van der Waals surface area contributed by atoms with E-state index >= 15 is 0 Å². The van der Waals surface area contributed by atoms with E-state index in [0.29, 0.717) is 6.54 Å². The lowest BCUT2D eigenvalue weighted by atomic mass is 9.97. The first-order valence-corrected chi connectivity index (χ1v) is 7.71. The van der Waals surface area contributed by atoms with E-state index in [4.69, 9.17) is 0 Å². The number of hydrogen-bond donors (Lipinski definition) is 1. The van der Waals surface area contributed by atoms with Crippen LogP contribution in [0.5, 0.6) is 0 Å². The van der Waals surface area contributed by atoms with Gasteiger partial charge in [-0.2, -0.15) is 13.2 Å². The molecule has 2 heterocycles. The minimum atomic E-state index is -4.38. The smallest absolute Gasteiger partial charge is 0.319 e. The molecule has 2 nitrogen and oxygen atoms in total. The molecule has 0 saturated heterocycles. The van der Waals surface area contributed by atoms with E-state index in [2.05, 4.69) is 5.32 Å². The van der Waals surface area contributed by atoms with Gasteiger partial charge in [0.1, 0.15) is 0 Å². The van der Waals surface area contributed by atoms with Gasteiger partial charge in [0.05, 0.1) is 11.6 Å². The second-order valence-electron chi connectivity index (χ2n) is 5.83. The number of hydrogen-bond acceptors (Lipinski definition) is 1. The summed E-state index contributed by atoms with van der Waals surface area (Å²) in [4.78, 5) is 0. The van der Waals surface area contributed by atoms with E-state index in [9.17, 15) is 13.2 Å². The molecule has 2 aromatic carbocycles. The Labute approximate surface area is 137 Å². The zero-order valence-corrected chi connectivity index (χ0v) is 12.7. The Morgan fingerprint density at radius 2 is 1.67 bits per heavy atom. The highest BCUT2D eigenvalue weighted by atomic mass is 19.4. The van der Waals surface area contributed by atoms with Gasteiger partial charge in [-0.05, 0) is 35.4 Å². The number of halogens is 3. The highest BCUT2D eigenvalue weighted by molar-refractivity contribution is 5.48. The molecular weight excluding hydrogens is 313 g/mol. The van der Waals surface area contributed by atoms with Crippen molar-refractivity contribution in [1.82, 2.24) is 9.88 Å². The summed E-state index contributed by atoms with van der Waals surface area (Å²) in [5, 5.41) is 3.29. The summed E-state index contributed by atoms with van der Waals surface area (Å²) in [7, 11) is 0. The third-order valence-electron chi connectivity index (χ3n) is 4.40. The Morgan fingerprint density at radius 1 is 0.917 bits per heavy atom. The SMILES string of the molecule is FC(F)(F)c1ccccc1[C@H]1NCc2ccccc2-n2cccc21. The number of benzene rings is 2. The van der Waals surface area contributed by atoms with Gasteiger partial charge in [0.2, 0.25) is 0 Å². The molecule has 0 aliphatic carbocycles. The number of nitrogens with zero attached hydrogens (tertiary/aromatic N) is 1. The zero-order valence-electron chi connectivity index (χ0n) is 12.7. The van der Waals surface area contributed by atoms with Crippen LogP contribution < -0.4 is 5.32 Å². The Bertz CT molecular complexity index is 880. The fraction of sp³-hybridized carbons (Fsp3) is 0.158. The van der Waals surface area contributed by atoms with Crippen LogP contribution >= 0.6 is 0 Å². The molecular formula is C19H15F3N2. The van der Waals surface area contributed by atoms with E-state index in [0.717, 1.165) is 23.0 Å². The fourth-order valence-electron chi connectivity index (χ4n) is 3.34. The second-order valence-corrected chi connectivity index (χ2v) is 5.83. The van der Waals surface area contributed by atoms with E-state index in [1.165, 1.54) is 6.07 Å². The summed E-state index contributed by atoms with van der Waals surface area (Å²) in [6.07, 6.45) is -2.49. The molecule has 24 heavy (non-hydrogen) atoms. The van der Waals surface area contributed by atoms with Gasteiger partial charge in [-0.3, -0.25) is 0 Å². The van der Waals surface area contributed by atoms with Crippen molar-refractivity contribution in [3.8, 4) is 5.69 Å². The first-order chi connectivity index (χ1) is 11.6. The normalized spacial score (nSPS) is 17.0. The average molecular weight is 328 g/mol. The molecule has 1 aliphatic rings. The first kappa shape index (κ1) is 15.0. The van der Waals surface area contributed by atoms with Crippen molar-refractivity contribution >= 4 is 0 Å². The van der Waals surface area contributed by atoms with Crippen LogP contribution in [0.25, 0.3) is 5.69 Å². The molecule has 0 saturated carbocycles. The maximum absolute atomic E-state index is 13.4. The van der Waals surface area contributed by atoms with Crippen LogP contribution in [-0.2, 0) is 12.7 Å². The predicted molar refractivity (Wildman–Crippen MR) is 85.9 cm³/mol. The van der Waals surface area contributed by atoms with Crippen molar-refractivity contribution in [2.24, 2.45) is 0 Å². The maximum Gasteiger partial charge on any atom is 0.416 e. The van der Waals surface area contributed by atoms with Crippen molar-refractivity contribution in [2.75, 3.05) is 0 Å². The Hall–Kier alpha value is -2.53. The molecule has 0 spiro atoms. The molecule has 1 aromatic heterocycles. The maximum atomic E-state index is 13.4. The van der Waals surface area contributed by atoms with Crippen LogP contribution in [0.1, 0.15) is 28.4 Å². The van der Waals surface area contributed by atoms with Gasteiger partial charge in [-0.25, -0.2) is 0 Å². The van der Waals surface area contributed by atoms with Gasteiger partial charge < -0.3 is 9.88 Å². The summed E-state index contributed by atoms with van der Waals surface area (Å²) in [6, 6.07) is 16.8. The van der Waals surface area contributed by atoms with Crippen molar-refractivity contribution in [3.05, 3.63) is 89.2 Å². The van der Waals surface area contributed by atoms with Gasteiger partial charge in [0, 0.05) is 24.1 Å². The number of para-hydroxylation sites is 1. The van der Waals surface area contributed by atoms with Crippen molar-refractivity contribution < 1.29 is 13.2 Å². The topological polar surface area (TPSA) is 17.0 Å². The molecule has 5 heteroatoms. The number of rotatable bonds is 1. The Kier molecular flexibility index (Phi) is 3.46. The van der Waals surface area contributed by atoms with E-state index in [-0.39, 0.29) is 5.56 Å². The summed E-state index contributed by atoms with van der Waals surface area (Å²) in [6.45, 7) is 0.509. The molecule has 0 fully saturated rings. The quantitative estimate of drug-likeness (QED) is 0.686. The van der Waals surface area contributed by atoms with Crippen LogP contribution in [0.15, 0.2) is 66.9 Å².